The van der Waals surface area contributed by atoms with Crippen molar-refractivity contribution in [3.05, 3.63) is 29.8 Å². The number of likely N-dealkylation sites (tertiary alicyclic amines) is 1. The molecule has 1 fully saturated rings. The fraction of sp³-hybridized carbons (Fsp3) is 0.593. The molecule has 2 rings (SSSR count). The number of ether oxygens (including phenoxy) is 1. The summed E-state index contributed by atoms with van der Waals surface area (Å²) in [6, 6.07) is 6.46. The van der Waals surface area contributed by atoms with Crippen LogP contribution in [-0.2, 0) is 30.5 Å². The van der Waals surface area contributed by atoms with Gasteiger partial charge in [0.2, 0.25) is 37.3 Å². The van der Waals surface area contributed by atoms with Crippen molar-refractivity contribution in [1.82, 2.24) is 15.5 Å². The van der Waals surface area contributed by atoms with Gasteiger partial charge in [-0.15, -0.1) is 11.8 Å². The Hall–Kier alpha value is -2.86. The van der Waals surface area contributed by atoms with Crippen LogP contribution in [0.5, 0.6) is 0 Å². The number of rotatable bonds is 16. The Bertz CT molecular complexity index is 1000. The van der Waals surface area contributed by atoms with Crippen molar-refractivity contribution in [2.75, 3.05) is 25.0 Å². The number of unbranched alkanes of at least 4 members (excludes halogenated alkanes) is 2. The van der Waals surface area contributed by atoms with Crippen molar-refractivity contribution in [2.45, 2.75) is 76.5 Å². The number of thioether (sulfide) groups is 1. The summed E-state index contributed by atoms with van der Waals surface area (Å²) in [5, 5.41) is 8.73. The molecule has 0 saturated carbocycles. The molecule has 10 nitrogen and oxygen atoms in total. The molecular formula is C27H41BN4O6S. The lowest BCUT2D eigenvalue weighted by molar-refractivity contribution is -0.138. The van der Waals surface area contributed by atoms with Crippen LogP contribution >= 0.6 is 11.8 Å². The molecule has 39 heavy (non-hydrogen) atoms. The van der Waals surface area contributed by atoms with Crippen molar-refractivity contribution < 1.29 is 28.7 Å². The summed E-state index contributed by atoms with van der Waals surface area (Å²) in [5.74, 6) is -1.10. The van der Waals surface area contributed by atoms with Gasteiger partial charge in [-0.05, 0) is 48.3 Å². The normalized spacial score (nSPS) is 16.1. The summed E-state index contributed by atoms with van der Waals surface area (Å²) in [6.45, 7) is 8.96. The Morgan fingerprint density at radius 1 is 1.08 bits per heavy atom. The van der Waals surface area contributed by atoms with Crippen LogP contribution in [0.15, 0.2) is 24.3 Å². The molecule has 1 aliphatic heterocycles. The van der Waals surface area contributed by atoms with E-state index in [1.807, 2.05) is 27.7 Å². The minimum Gasteiger partial charge on any atom is -0.469 e. The zero-order valence-corrected chi connectivity index (χ0v) is 24.4. The molecule has 214 valence electrons. The molecule has 1 heterocycles. The van der Waals surface area contributed by atoms with Crippen molar-refractivity contribution in [3.8, 4) is 0 Å². The number of hydrogen-bond donors (Lipinski definition) is 3. The lowest BCUT2D eigenvalue weighted by Crippen LogP contribution is -2.49. The highest BCUT2D eigenvalue weighted by atomic mass is 32.2. The molecule has 0 aromatic heterocycles. The highest BCUT2D eigenvalue weighted by molar-refractivity contribution is 8.01. The number of nitrogens with zero attached hydrogens (tertiary/aromatic N) is 1. The number of nitrogens with one attached hydrogen (secondary N) is 3. The second kappa shape index (κ2) is 16.3. The van der Waals surface area contributed by atoms with Gasteiger partial charge in [0, 0.05) is 18.7 Å². The minimum atomic E-state index is -0.450. The first-order valence-corrected chi connectivity index (χ1v) is 14.4. The lowest BCUT2D eigenvalue weighted by Gasteiger charge is -2.22. The van der Waals surface area contributed by atoms with Gasteiger partial charge in [0.25, 0.3) is 0 Å². The number of hydrogen-bond acceptors (Lipinski definition) is 8. The van der Waals surface area contributed by atoms with Crippen LogP contribution in [0.3, 0.4) is 0 Å². The molecule has 1 aromatic carbocycles. The molecule has 1 saturated heterocycles. The van der Waals surface area contributed by atoms with E-state index in [9.17, 15) is 24.0 Å². The molecule has 2 unspecified atom stereocenters. The van der Waals surface area contributed by atoms with Crippen molar-refractivity contribution >= 4 is 54.8 Å². The average Bonchev–Trinajstić information content (AvgIpc) is 3.12. The van der Waals surface area contributed by atoms with E-state index in [-0.39, 0.29) is 60.2 Å². The van der Waals surface area contributed by atoms with Gasteiger partial charge in [0.05, 0.1) is 17.8 Å². The number of carbonyl (C=O) groups is 5. The zero-order valence-electron chi connectivity index (χ0n) is 23.6. The van der Waals surface area contributed by atoms with Crippen molar-refractivity contribution in [3.63, 3.8) is 0 Å². The quantitative estimate of drug-likeness (QED) is 0.159. The largest absolute Gasteiger partial charge is 0.469 e. The van der Waals surface area contributed by atoms with Crippen LogP contribution in [-0.4, -0.2) is 78.4 Å². The predicted octanol–water partition coefficient (Wildman–Crippen LogP) is 2.06. The monoisotopic (exact) mass is 560 g/mol. The number of benzene rings is 1. The van der Waals surface area contributed by atoms with E-state index in [2.05, 4.69) is 16.0 Å². The summed E-state index contributed by atoms with van der Waals surface area (Å²) in [4.78, 5) is 62.0. The van der Waals surface area contributed by atoms with Gasteiger partial charge in [-0.2, -0.15) is 0 Å². The van der Waals surface area contributed by atoms with Gasteiger partial charge in [-0.1, -0.05) is 46.2 Å². The maximum atomic E-state index is 12.7. The smallest absolute Gasteiger partial charge is 0.243 e. The lowest BCUT2D eigenvalue weighted by atomic mass is 10.0. The van der Waals surface area contributed by atoms with Crippen molar-refractivity contribution in [2.24, 2.45) is 5.92 Å². The molecule has 3 N–H and O–H groups in total. The molecular weight excluding hydrogens is 519 g/mol. The Kier molecular flexibility index (Phi) is 13.5. The van der Waals surface area contributed by atoms with Crippen molar-refractivity contribution in [1.29, 1.82) is 0 Å². The van der Waals surface area contributed by atoms with Gasteiger partial charge < -0.3 is 20.7 Å². The van der Waals surface area contributed by atoms with Gasteiger partial charge in [0.15, 0.2) is 0 Å². The van der Waals surface area contributed by atoms with Gasteiger partial charge in [-0.25, -0.2) is 0 Å². The van der Waals surface area contributed by atoms with E-state index in [0.717, 1.165) is 24.8 Å². The summed E-state index contributed by atoms with van der Waals surface area (Å²) in [7, 11) is 1.34. The standard InChI is InChI=1S/C27H41BN4O6S/c1-17(2)24(29-12-6-5-7-13-32-23(34)14-21(26(32)36)39-18(3)4)25(35)30-15-22(33)31-20-10-8-19(9-11-20)16-38-27(28)37/h8-11,17-18,21,24,29H,5-7,12-16,28H2,1-4H3,(H,30,35)(H,31,33). The van der Waals surface area contributed by atoms with E-state index in [4.69, 9.17) is 4.74 Å². The third-order valence-corrected chi connectivity index (χ3v) is 7.35. The topological polar surface area (TPSA) is 134 Å². The van der Waals surface area contributed by atoms with Crippen LogP contribution in [0.2, 0.25) is 0 Å². The second-order valence-electron chi connectivity index (χ2n) is 10.2. The van der Waals surface area contributed by atoms with E-state index in [1.165, 1.54) is 12.7 Å². The summed E-state index contributed by atoms with van der Waals surface area (Å²) in [6.07, 6.45) is 2.63. The highest BCUT2D eigenvalue weighted by Crippen LogP contribution is 2.28. The van der Waals surface area contributed by atoms with Gasteiger partial charge in [0.1, 0.15) is 6.61 Å². The van der Waals surface area contributed by atoms with E-state index in [1.54, 1.807) is 36.0 Å². The van der Waals surface area contributed by atoms with Crippen LogP contribution < -0.4 is 16.0 Å². The van der Waals surface area contributed by atoms with Crippen LogP contribution in [0.25, 0.3) is 0 Å². The Morgan fingerprint density at radius 3 is 2.38 bits per heavy atom. The number of amides is 4. The Morgan fingerprint density at radius 2 is 1.77 bits per heavy atom. The first-order chi connectivity index (χ1) is 18.5. The molecule has 2 atom stereocenters. The van der Waals surface area contributed by atoms with E-state index >= 15 is 0 Å². The fourth-order valence-corrected chi connectivity index (χ4v) is 5.27. The van der Waals surface area contributed by atoms with E-state index < -0.39 is 6.04 Å². The third kappa shape index (κ3) is 11.4. The van der Waals surface area contributed by atoms with Crippen LogP contribution in [0.4, 0.5) is 10.5 Å². The molecule has 1 aromatic rings. The summed E-state index contributed by atoms with van der Waals surface area (Å²) >= 11 is 1.54. The van der Waals surface area contributed by atoms with Gasteiger partial charge >= 0.3 is 0 Å². The Balaban J connectivity index is 1.67. The zero-order chi connectivity index (χ0) is 28.9. The first-order valence-electron chi connectivity index (χ1n) is 13.5. The van der Waals surface area contributed by atoms with Crippen LogP contribution in [0, 0.1) is 5.92 Å². The molecule has 12 heteroatoms. The molecule has 0 spiro atoms. The maximum absolute atomic E-state index is 12.7. The first kappa shape index (κ1) is 32.4. The predicted molar refractivity (Wildman–Crippen MR) is 155 cm³/mol. The minimum absolute atomic E-state index is 0.0214. The summed E-state index contributed by atoms with van der Waals surface area (Å²) in [5.41, 5.74) is 1.38. The fourth-order valence-electron chi connectivity index (χ4n) is 4.13. The maximum Gasteiger partial charge on any atom is 0.243 e. The molecule has 4 amide bonds. The van der Waals surface area contributed by atoms with Crippen LogP contribution in [0.1, 0.15) is 58.9 Å². The molecule has 0 aliphatic carbocycles. The number of carbonyl (C=O) groups excluding carboxylic acids is 5. The number of anilines is 1. The SMILES string of the molecule is BC(=O)OCc1ccc(NC(=O)CNC(=O)C(NCCCCCN2C(=O)CC(SC(C)C)C2=O)C(C)C)cc1. The summed E-state index contributed by atoms with van der Waals surface area (Å²) < 4.78 is 4.94. The number of imide groups is 1. The average molecular weight is 561 g/mol. The Labute approximate surface area is 236 Å². The highest BCUT2D eigenvalue weighted by Gasteiger charge is 2.38. The van der Waals surface area contributed by atoms with Gasteiger partial charge in [-0.3, -0.25) is 28.9 Å². The molecule has 1 aliphatic rings. The molecule has 0 bridgehead atoms. The third-order valence-electron chi connectivity index (χ3n) is 6.11. The second-order valence-corrected chi connectivity index (χ2v) is 12.0. The van der Waals surface area contributed by atoms with E-state index in [0.29, 0.717) is 24.0 Å². The molecule has 0 radical (unpaired) electrons.